The van der Waals surface area contributed by atoms with Gasteiger partial charge in [-0.3, -0.25) is 9.78 Å². The molecular formula is C13H17N3O3. The van der Waals surface area contributed by atoms with Gasteiger partial charge in [0, 0.05) is 18.5 Å². The van der Waals surface area contributed by atoms with Crippen LogP contribution in [0.2, 0.25) is 0 Å². The van der Waals surface area contributed by atoms with Gasteiger partial charge in [0.25, 0.3) is 0 Å². The van der Waals surface area contributed by atoms with Gasteiger partial charge in [-0.2, -0.15) is 0 Å². The standard InChI is InChI=1S/C13H17N3O3/c1-13(2,14)6-11(17)15-7-8-3-4-9-10(5-8)19-12(18)16-9/h3-5H,6-7,14H2,1-2H3,(H,15,17)(H,16,18). The quantitative estimate of drug-likeness (QED) is 0.761. The number of H-pyrrole nitrogens is 1. The van der Waals surface area contributed by atoms with Crippen molar-refractivity contribution < 1.29 is 9.21 Å². The molecule has 0 bridgehead atoms. The molecule has 0 saturated carbocycles. The van der Waals surface area contributed by atoms with Crippen LogP contribution in [-0.2, 0) is 11.3 Å². The summed E-state index contributed by atoms with van der Waals surface area (Å²) in [6.07, 6.45) is 0.258. The summed E-state index contributed by atoms with van der Waals surface area (Å²) in [6, 6.07) is 5.29. The number of aromatic amines is 1. The molecule has 1 amide bonds. The summed E-state index contributed by atoms with van der Waals surface area (Å²) in [4.78, 5) is 25.2. The van der Waals surface area contributed by atoms with Crippen LogP contribution in [0.15, 0.2) is 27.4 Å². The van der Waals surface area contributed by atoms with E-state index in [4.69, 9.17) is 10.2 Å². The highest BCUT2D eigenvalue weighted by Crippen LogP contribution is 2.12. The van der Waals surface area contributed by atoms with E-state index in [1.165, 1.54) is 0 Å². The maximum absolute atomic E-state index is 11.6. The van der Waals surface area contributed by atoms with E-state index in [1.807, 2.05) is 6.07 Å². The Morgan fingerprint density at radius 1 is 1.47 bits per heavy atom. The SMILES string of the molecule is CC(C)(N)CC(=O)NCc1ccc2[nH]c(=O)oc2c1. The zero-order valence-corrected chi connectivity index (χ0v) is 10.9. The fourth-order valence-corrected chi connectivity index (χ4v) is 1.78. The highest BCUT2D eigenvalue weighted by atomic mass is 16.4. The molecule has 0 unspecified atom stereocenters. The minimum atomic E-state index is -0.526. The molecular weight excluding hydrogens is 246 g/mol. The molecule has 19 heavy (non-hydrogen) atoms. The van der Waals surface area contributed by atoms with Gasteiger partial charge in [0.1, 0.15) is 0 Å². The molecule has 0 atom stereocenters. The number of nitrogens with one attached hydrogen (secondary N) is 2. The number of rotatable bonds is 4. The number of nitrogens with two attached hydrogens (primary N) is 1. The number of carbonyl (C=O) groups is 1. The molecule has 2 aromatic rings. The fraction of sp³-hybridized carbons (Fsp3) is 0.385. The molecule has 0 aliphatic heterocycles. The van der Waals surface area contributed by atoms with Crippen molar-refractivity contribution in [1.29, 1.82) is 0 Å². The second kappa shape index (κ2) is 4.89. The van der Waals surface area contributed by atoms with Crippen molar-refractivity contribution in [3.8, 4) is 0 Å². The maximum atomic E-state index is 11.6. The molecule has 0 fully saturated rings. The Kier molecular flexibility index (Phi) is 3.44. The van der Waals surface area contributed by atoms with Crippen LogP contribution >= 0.6 is 0 Å². The Morgan fingerprint density at radius 3 is 2.89 bits per heavy atom. The Balaban J connectivity index is 2.01. The molecule has 0 radical (unpaired) electrons. The number of hydrogen-bond donors (Lipinski definition) is 3. The van der Waals surface area contributed by atoms with E-state index in [0.29, 0.717) is 17.6 Å². The number of benzene rings is 1. The zero-order chi connectivity index (χ0) is 14.0. The van der Waals surface area contributed by atoms with Crippen LogP contribution in [0.3, 0.4) is 0 Å². The van der Waals surface area contributed by atoms with Crippen molar-refractivity contribution in [2.24, 2.45) is 5.73 Å². The third-order valence-corrected chi connectivity index (χ3v) is 2.59. The molecule has 0 saturated heterocycles. The zero-order valence-electron chi connectivity index (χ0n) is 10.9. The highest BCUT2D eigenvalue weighted by molar-refractivity contribution is 5.77. The minimum Gasteiger partial charge on any atom is -0.408 e. The van der Waals surface area contributed by atoms with Crippen molar-refractivity contribution in [1.82, 2.24) is 10.3 Å². The lowest BCUT2D eigenvalue weighted by Gasteiger charge is -2.17. The van der Waals surface area contributed by atoms with Gasteiger partial charge in [-0.15, -0.1) is 0 Å². The number of fused-ring (bicyclic) bond motifs is 1. The Bertz CT molecular complexity index is 649. The largest absolute Gasteiger partial charge is 0.417 e. The van der Waals surface area contributed by atoms with Crippen LogP contribution in [0.5, 0.6) is 0 Å². The number of carbonyl (C=O) groups excluding carboxylic acids is 1. The second-order valence-electron chi connectivity index (χ2n) is 5.29. The van der Waals surface area contributed by atoms with E-state index in [1.54, 1.807) is 26.0 Å². The average molecular weight is 263 g/mol. The van der Waals surface area contributed by atoms with Crippen molar-refractivity contribution in [2.75, 3.05) is 0 Å². The lowest BCUT2D eigenvalue weighted by Crippen LogP contribution is -2.38. The van der Waals surface area contributed by atoms with Crippen LogP contribution in [0, 0.1) is 0 Å². The fourth-order valence-electron chi connectivity index (χ4n) is 1.78. The van der Waals surface area contributed by atoms with Crippen molar-refractivity contribution in [3.05, 3.63) is 34.3 Å². The summed E-state index contributed by atoms with van der Waals surface area (Å²) in [7, 11) is 0. The lowest BCUT2D eigenvalue weighted by atomic mass is 10.0. The molecule has 102 valence electrons. The number of hydrogen-bond acceptors (Lipinski definition) is 4. The van der Waals surface area contributed by atoms with E-state index < -0.39 is 11.3 Å². The van der Waals surface area contributed by atoms with Gasteiger partial charge in [0.05, 0.1) is 5.52 Å². The van der Waals surface area contributed by atoms with E-state index in [0.717, 1.165) is 5.56 Å². The van der Waals surface area contributed by atoms with Crippen LogP contribution in [0.25, 0.3) is 11.1 Å². The third kappa shape index (κ3) is 3.69. The topological polar surface area (TPSA) is 101 Å². The van der Waals surface area contributed by atoms with Crippen molar-refractivity contribution in [3.63, 3.8) is 0 Å². The molecule has 6 nitrogen and oxygen atoms in total. The molecule has 6 heteroatoms. The summed E-state index contributed by atoms with van der Waals surface area (Å²) in [5, 5.41) is 2.78. The van der Waals surface area contributed by atoms with E-state index in [-0.39, 0.29) is 12.3 Å². The van der Waals surface area contributed by atoms with Crippen molar-refractivity contribution in [2.45, 2.75) is 32.4 Å². The smallest absolute Gasteiger partial charge is 0.408 e. The predicted molar refractivity (Wildman–Crippen MR) is 71.6 cm³/mol. The van der Waals surface area contributed by atoms with E-state index in [9.17, 15) is 9.59 Å². The van der Waals surface area contributed by atoms with Gasteiger partial charge in [-0.1, -0.05) is 6.07 Å². The van der Waals surface area contributed by atoms with Crippen LogP contribution in [-0.4, -0.2) is 16.4 Å². The molecule has 0 aliphatic carbocycles. The average Bonchev–Trinajstić information content (AvgIpc) is 2.63. The maximum Gasteiger partial charge on any atom is 0.417 e. The monoisotopic (exact) mass is 263 g/mol. The van der Waals surface area contributed by atoms with Gasteiger partial charge >= 0.3 is 5.76 Å². The molecule has 4 N–H and O–H groups in total. The first-order valence-electron chi connectivity index (χ1n) is 6.01. The Hall–Kier alpha value is -2.08. The molecule has 0 spiro atoms. The summed E-state index contributed by atoms with van der Waals surface area (Å²) in [6.45, 7) is 3.97. The Morgan fingerprint density at radius 2 is 2.21 bits per heavy atom. The van der Waals surface area contributed by atoms with Gasteiger partial charge < -0.3 is 15.5 Å². The van der Waals surface area contributed by atoms with Gasteiger partial charge in [-0.05, 0) is 31.5 Å². The van der Waals surface area contributed by atoms with Crippen molar-refractivity contribution >= 4 is 17.0 Å². The molecule has 1 aromatic heterocycles. The molecule has 2 rings (SSSR count). The highest BCUT2D eigenvalue weighted by Gasteiger charge is 2.15. The lowest BCUT2D eigenvalue weighted by molar-refractivity contribution is -0.122. The van der Waals surface area contributed by atoms with Gasteiger partial charge in [-0.25, -0.2) is 4.79 Å². The van der Waals surface area contributed by atoms with E-state index in [2.05, 4.69) is 10.3 Å². The molecule has 1 aromatic carbocycles. The van der Waals surface area contributed by atoms with Crippen LogP contribution in [0.1, 0.15) is 25.8 Å². The number of amides is 1. The number of oxazole rings is 1. The first-order chi connectivity index (χ1) is 8.83. The summed E-state index contributed by atoms with van der Waals surface area (Å²) < 4.78 is 4.95. The molecule has 1 heterocycles. The van der Waals surface area contributed by atoms with Gasteiger partial charge in [0.15, 0.2) is 5.58 Å². The Labute approximate surface area is 110 Å². The normalized spacial score (nSPS) is 11.7. The molecule has 0 aliphatic rings. The predicted octanol–water partition coefficient (Wildman–Crippen LogP) is 0.865. The van der Waals surface area contributed by atoms with Crippen LogP contribution < -0.4 is 16.8 Å². The van der Waals surface area contributed by atoms with E-state index >= 15 is 0 Å². The second-order valence-corrected chi connectivity index (χ2v) is 5.29. The minimum absolute atomic E-state index is 0.108. The number of aromatic nitrogens is 1. The van der Waals surface area contributed by atoms with Crippen LogP contribution in [0.4, 0.5) is 0 Å². The first kappa shape index (κ1) is 13.4. The third-order valence-electron chi connectivity index (χ3n) is 2.59. The van der Waals surface area contributed by atoms with Gasteiger partial charge in [0.2, 0.25) is 5.91 Å². The summed E-state index contributed by atoms with van der Waals surface area (Å²) in [5.74, 6) is -0.593. The summed E-state index contributed by atoms with van der Waals surface area (Å²) >= 11 is 0. The first-order valence-corrected chi connectivity index (χ1v) is 6.01. The summed E-state index contributed by atoms with van der Waals surface area (Å²) in [5.41, 5.74) is 7.23.